The lowest BCUT2D eigenvalue weighted by Gasteiger charge is -2.05. The Hall–Kier alpha value is -1.70. The molecule has 3 rings (SSSR count). The Bertz CT molecular complexity index is 667. The highest BCUT2D eigenvalue weighted by Crippen LogP contribution is 2.23. The minimum Gasteiger partial charge on any atom is -0.436 e. The Kier molecular flexibility index (Phi) is 2.63. The van der Waals surface area contributed by atoms with Gasteiger partial charge in [0.15, 0.2) is 0 Å². The van der Waals surface area contributed by atoms with Crippen molar-refractivity contribution < 1.29 is 4.74 Å². The van der Waals surface area contributed by atoms with Crippen LogP contribution in [0.5, 0.6) is 11.6 Å². The first-order chi connectivity index (χ1) is 8.33. The fourth-order valence-corrected chi connectivity index (χ4v) is 1.96. The van der Waals surface area contributed by atoms with Crippen LogP contribution >= 0.6 is 22.6 Å². The van der Waals surface area contributed by atoms with Crippen LogP contribution in [-0.2, 0) is 0 Å². The molecule has 0 radical (unpaired) electrons. The fourth-order valence-electron chi connectivity index (χ4n) is 1.45. The summed E-state index contributed by atoms with van der Waals surface area (Å²) < 4.78 is 8.56. The minimum absolute atomic E-state index is 0.451. The summed E-state index contributed by atoms with van der Waals surface area (Å²) in [5.41, 5.74) is 0.603. The van der Waals surface area contributed by atoms with Gasteiger partial charge in [-0.2, -0.15) is 0 Å². The molecule has 0 amide bonds. The molecule has 0 atom stereocenters. The lowest BCUT2D eigenvalue weighted by molar-refractivity contribution is 0.464. The van der Waals surface area contributed by atoms with Gasteiger partial charge in [0.1, 0.15) is 12.1 Å². The molecule has 3 aromatic rings. The van der Waals surface area contributed by atoms with E-state index in [-0.39, 0.29) is 0 Å². The van der Waals surface area contributed by atoms with Crippen LogP contribution in [0.25, 0.3) is 5.65 Å². The van der Waals surface area contributed by atoms with Crippen molar-refractivity contribution in [1.29, 1.82) is 0 Å². The second kappa shape index (κ2) is 4.28. The average molecular weight is 338 g/mol. The van der Waals surface area contributed by atoms with Crippen molar-refractivity contribution in [3.8, 4) is 11.6 Å². The maximum atomic E-state index is 5.69. The van der Waals surface area contributed by atoms with Gasteiger partial charge in [-0.25, -0.2) is 4.98 Å². The number of rotatable bonds is 2. The summed E-state index contributed by atoms with van der Waals surface area (Å²) in [5.74, 6) is 1.19. The molecule has 2 aromatic heterocycles. The smallest absolute Gasteiger partial charge is 0.265 e. The Labute approximate surface area is 111 Å². The van der Waals surface area contributed by atoms with Crippen molar-refractivity contribution in [2.45, 2.75) is 0 Å². The number of fused-ring (bicyclic) bond motifs is 1. The third kappa shape index (κ3) is 2.07. The van der Waals surface area contributed by atoms with Gasteiger partial charge >= 0.3 is 0 Å². The number of hydrogen-bond acceptors (Lipinski definition) is 4. The van der Waals surface area contributed by atoms with E-state index in [1.807, 2.05) is 24.3 Å². The van der Waals surface area contributed by atoms with Gasteiger partial charge in [-0.05, 0) is 40.8 Å². The quantitative estimate of drug-likeness (QED) is 0.674. The summed E-state index contributed by atoms with van der Waals surface area (Å²) in [6, 6.07) is 7.74. The third-order valence-corrected chi connectivity index (χ3v) is 2.87. The number of nitrogens with zero attached hydrogens (tertiary/aromatic N) is 4. The van der Waals surface area contributed by atoms with Crippen molar-refractivity contribution in [3.63, 3.8) is 0 Å². The fraction of sp³-hybridized carbons (Fsp3) is 0. The summed E-state index contributed by atoms with van der Waals surface area (Å²) >= 11 is 2.23. The highest BCUT2D eigenvalue weighted by atomic mass is 127. The molecule has 1 aromatic carbocycles. The van der Waals surface area contributed by atoms with Crippen LogP contribution in [0.2, 0.25) is 0 Å². The summed E-state index contributed by atoms with van der Waals surface area (Å²) in [4.78, 5) is 4.16. The van der Waals surface area contributed by atoms with Gasteiger partial charge in [-0.1, -0.05) is 6.07 Å². The number of halogens is 1. The summed E-state index contributed by atoms with van der Waals surface area (Å²) in [6.07, 6.45) is 5.04. The predicted octanol–water partition coefficient (Wildman–Crippen LogP) is 2.52. The van der Waals surface area contributed by atoms with E-state index in [1.54, 1.807) is 23.1 Å². The van der Waals surface area contributed by atoms with Crippen LogP contribution in [0.15, 0.2) is 43.0 Å². The molecule has 0 saturated carbocycles. The molecule has 5 nitrogen and oxygen atoms in total. The Balaban J connectivity index is 2.02. The van der Waals surface area contributed by atoms with E-state index >= 15 is 0 Å². The molecule has 0 saturated heterocycles. The second-order valence-corrected chi connectivity index (χ2v) is 4.60. The van der Waals surface area contributed by atoms with Crippen LogP contribution < -0.4 is 4.74 Å². The zero-order chi connectivity index (χ0) is 11.7. The van der Waals surface area contributed by atoms with Gasteiger partial charge in [0, 0.05) is 16.0 Å². The molecular formula is C11H7IN4O. The molecule has 6 heteroatoms. The zero-order valence-electron chi connectivity index (χ0n) is 8.62. The van der Waals surface area contributed by atoms with Crippen LogP contribution in [0.1, 0.15) is 0 Å². The third-order valence-electron chi connectivity index (χ3n) is 2.19. The molecular weight excluding hydrogens is 331 g/mol. The molecule has 0 spiro atoms. The summed E-state index contributed by atoms with van der Waals surface area (Å²) in [5, 5.41) is 7.77. The molecule has 84 valence electrons. The normalized spacial score (nSPS) is 10.6. The van der Waals surface area contributed by atoms with Crippen molar-refractivity contribution in [1.82, 2.24) is 19.6 Å². The Morgan fingerprint density at radius 2 is 2.24 bits per heavy atom. The van der Waals surface area contributed by atoms with Crippen LogP contribution in [0.4, 0.5) is 0 Å². The molecule has 0 aliphatic heterocycles. The second-order valence-electron chi connectivity index (χ2n) is 3.35. The zero-order valence-corrected chi connectivity index (χ0v) is 10.8. The average Bonchev–Trinajstić information content (AvgIpc) is 2.78. The predicted molar refractivity (Wildman–Crippen MR) is 70.0 cm³/mol. The van der Waals surface area contributed by atoms with Crippen molar-refractivity contribution in [2.24, 2.45) is 0 Å². The number of ether oxygens (including phenoxy) is 1. The first-order valence-electron chi connectivity index (χ1n) is 4.91. The number of hydrogen-bond donors (Lipinski definition) is 0. The molecule has 0 aliphatic rings. The monoisotopic (exact) mass is 338 g/mol. The van der Waals surface area contributed by atoms with E-state index in [0.717, 1.165) is 9.32 Å². The van der Waals surface area contributed by atoms with Gasteiger partial charge in [-0.15, -0.1) is 10.2 Å². The highest BCUT2D eigenvalue weighted by molar-refractivity contribution is 14.1. The first kappa shape index (κ1) is 10.5. The molecule has 2 heterocycles. The van der Waals surface area contributed by atoms with Gasteiger partial charge in [-0.3, -0.25) is 4.40 Å². The Morgan fingerprint density at radius 3 is 3.12 bits per heavy atom. The molecule has 0 N–H and O–H groups in total. The summed E-state index contributed by atoms with van der Waals surface area (Å²) in [6.45, 7) is 0. The van der Waals surface area contributed by atoms with Crippen molar-refractivity contribution in [2.75, 3.05) is 0 Å². The molecule has 17 heavy (non-hydrogen) atoms. The SMILES string of the molecule is Ic1cccc(Oc2nccn3cnnc23)c1. The molecule has 0 unspecified atom stereocenters. The lowest BCUT2D eigenvalue weighted by atomic mass is 10.3. The lowest BCUT2D eigenvalue weighted by Crippen LogP contribution is -1.93. The minimum atomic E-state index is 0.451. The van der Waals surface area contributed by atoms with E-state index < -0.39 is 0 Å². The molecule has 0 aliphatic carbocycles. The van der Waals surface area contributed by atoms with Crippen LogP contribution in [0, 0.1) is 3.57 Å². The van der Waals surface area contributed by atoms with Gasteiger partial charge in [0.25, 0.3) is 5.88 Å². The highest BCUT2D eigenvalue weighted by Gasteiger charge is 2.07. The van der Waals surface area contributed by atoms with Gasteiger partial charge < -0.3 is 4.74 Å². The topological polar surface area (TPSA) is 52.3 Å². The number of benzene rings is 1. The van der Waals surface area contributed by atoms with Crippen LogP contribution in [-0.4, -0.2) is 19.6 Å². The molecule has 0 bridgehead atoms. The van der Waals surface area contributed by atoms with E-state index in [1.165, 1.54) is 0 Å². The van der Waals surface area contributed by atoms with E-state index in [9.17, 15) is 0 Å². The Morgan fingerprint density at radius 1 is 1.29 bits per heavy atom. The maximum absolute atomic E-state index is 5.69. The molecule has 0 fully saturated rings. The van der Waals surface area contributed by atoms with E-state index in [4.69, 9.17) is 4.74 Å². The maximum Gasteiger partial charge on any atom is 0.265 e. The van der Waals surface area contributed by atoms with Crippen LogP contribution in [0.3, 0.4) is 0 Å². The van der Waals surface area contributed by atoms with Crippen molar-refractivity contribution in [3.05, 3.63) is 46.6 Å². The standard InChI is InChI=1S/C11H7IN4O/c12-8-2-1-3-9(6-8)17-11-10-15-14-7-16(10)5-4-13-11/h1-7H. The van der Waals surface area contributed by atoms with Gasteiger partial charge in [0.05, 0.1) is 0 Å². The summed E-state index contributed by atoms with van der Waals surface area (Å²) in [7, 11) is 0. The van der Waals surface area contributed by atoms with Gasteiger partial charge in [0.2, 0.25) is 5.65 Å². The van der Waals surface area contributed by atoms with E-state index in [0.29, 0.717) is 11.5 Å². The largest absolute Gasteiger partial charge is 0.436 e. The van der Waals surface area contributed by atoms with E-state index in [2.05, 4.69) is 37.8 Å². The number of aromatic nitrogens is 4. The van der Waals surface area contributed by atoms with Crippen molar-refractivity contribution >= 4 is 28.2 Å². The first-order valence-corrected chi connectivity index (χ1v) is 5.98.